The average Bonchev–Trinajstić information content (AvgIpc) is 2.00. The number of hydrogen-bond acceptors (Lipinski definition) is 3. The maximum absolute atomic E-state index is 10.4. The highest BCUT2D eigenvalue weighted by atomic mass is 79.9. The number of Topliss-reactive ketones (excluding diaryl/α,β-unsaturated/α-hetero) is 1. The fourth-order valence-corrected chi connectivity index (χ4v) is 0.688. The van der Waals surface area contributed by atoms with Crippen LogP contribution in [0.15, 0.2) is 15.7 Å². The predicted octanol–water partition coefficient (Wildman–Crippen LogP) is 1.08. The molecule has 1 aliphatic heterocycles. The first-order valence-electron chi connectivity index (χ1n) is 2.50. The van der Waals surface area contributed by atoms with Crippen molar-refractivity contribution in [2.24, 2.45) is 4.99 Å². The molecule has 0 aromatic rings. The highest BCUT2D eigenvalue weighted by Crippen LogP contribution is 2.09. The van der Waals surface area contributed by atoms with Crippen molar-refractivity contribution in [2.75, 3.05) is 0 Å². The van der Waals surface area contributed by atoms with Gasteiger partial charge in [-0.2, -0.15) is 0 Å². The van der Waals surface area contributed by atoms with E-state index in [0.717, 1.165) is 4.61 Å². The minimum absolute atomic E-state index is 0.0631. The molecule has 0 unspecified atom stereocenters. The van der Waals surface area contributed by atoms with E-state index in [-0.39, 0.29) is 5.78 Å². The molecule has 1 heterocycles. The molecule has 0 aromatic carbocycles. The summed E-state index contributed by atoms with van der Waals surface area (Å²) in [4.78, 5) is 22.1. The summed E-state index contributed by atoms with van der Waals surface area (Å²) in [6.45, 7) is 2.00. The molecular weight excluding hydrogens is 198 g/mol. The Morgan fingerprint density at radius 1 is 1.60 bits per heavy atom. The van der Waals surface area contributed by atoms with E-state index in [9.17, 15) is 4.79 Å². The number of carbonyl (C=O) groups is 2. The van der Waals surface area contributed by atoms with E-state index in [1.54, 1.807) is 6.08 Å². The monoisotopic (exact) mass is 203 g/mol. The Kier molecular flexibility index (Phi) is 4.66. The van der Waals surface area contributed by atoms with Crippen LogP contribution in [0.4, 0.5) is 0 Å². The van der Waals surface area contributed by atoms with Gasteiger partial charge in [0.05, 0.1) is 6.21 Å². The summed E-state index contributed by atoms with van der Waals surface area (Å²) in [7, 11) is 0. The van der Waals surface area contributed by atoms with Crippen molar-refractivity contribution >= 4 is 34.7 Å². The molecule has 1 aliphatic rings. The van der Waals surface area contributed by atoms with Crippen LogP contribution in [0, 0.1) is 0 Å². The lowest BCUT2D eigenvalue weighted by molar-refractivity contribution is -0.111. The second-order valence-corrected chi connectivity index (χ2v) is 2.27. The maximum Gasteiger partial charge on any atom is 0.177 e. The van der Waals surface area contributed by atoms with Gasteiger partial charge in [0, 0.05) is 6.42 Å². The number of rotatable bonds is 0. The normalized spacial score (nSPS) is 15.3. The van der Waals surface area contributed by atoms with Gasteiger partial charge in [0.2, 0.25) is 0 Å². The maximum atomic E-state index is 10.4. The van der Waals surface area contributed by atoms with Gasteiger partial charge in [0.25, 0.3) is 0 Å². The summed E-state index contributed by atoms with van der Waals surface area (Å²) in [5.74, 6) is 0.0631. The third kappa shape index (κ3) is 3.29. The van der Waals surface area contributed by atoms with Crippen molar-refractivity contribution in [3.05, 3.63) is 10.7 Å². The highest BCUT2D eigenvalue weighted by molar-refractivity contribution is 9.11. The molecule has 0 N–H and O–H groups in total. The number of halogens is 1. The molecule has 3 nitrogen and oxygen atoms in total. The fraction of sp³-hybridized carbons (Fsp3) is 0.167. The Morgan fingerprint density at radius 2 is 2.20 bits per heavy atom. The first-order valence-corrected chi connectivity index (χ1v) is 3.30. The van der Waals surface area contributed by atoms with Crippen LogP contribution in [0.25, 0.3) is 0 Å². The molecule has 0 atom stereocenters. The standard InChI is InChI=1S/C5H4BrNO.CH2O/c6-5-2-1-4(8)3-7-5;1-2/h2-3H,1H2;1H2. The molecule has 0 saturated carbocycles. The highest BCUT2D eigenvalue weighted by Gasteiger charge is 1.99. The van der Waals surface area contributed by atoms with Crippen LogP contribution < -0.4 is 0 Å². The van der Waals surface area contributed by atoms with Crippen molar-refractivity contribution in [1.29, 1.82) is 0 Å². The Balaban J connectivity index is 0.000000371. The van der Waals surface area contributed by atoms with E-state index in [1.165, 1.54) is 6.21 Å². The smallest absolute Gasteiger partial charge is 0.177 e. The third-order valence-corrected chi connectivity index (χ3v) is 1.33. The van der Waals surface area contributed by atoms with Crippen LogP contribution in [0.5, 0.6) is 0 Å². The van der Waals surface area contributed by atoms with Crippen molar-refractivity contribution < 1.29 is 9.59 Å². The van der Waals surface area contributed by atoms with Gasteiger partial charge < -0.3 is 4.79 Å². The number of carbonyl (C=O) groups excluding carboxylic acids is 2. The number of allylic oxidation sites excluding steroid dienone is 1. The summed E-state index contributed by atoms with van der Waals surface area (Å²) in [6.07, 6.45) is 3.54. The van der Waals surface area contributed by atoms with Crippen LogP contribution in [-0.2, 0) is 9.59 Å². The van der Waals surface area contributed by atoms with Crippen molar-refractivity contribution in [2.45, 2.75) is 6.42 Å². The topological polar surface area (TPSA) is 46.5 Å². The Bertz CT molecular complexity index is 183. The van der Waals surface area contributed by atoms with Gasteiger partial charge in [0.15, 0.2) is 5.78 Å². The Labute approximate surface area is 67.0 Å². The van der Waals surface area contributed by atoms with Crippen LogP contribution in [-0.4, -0.2) is 18.8 Å². The molecule has 10 heavy (non-hydrogen) atoms. The number of ketones is 1. The average molecular weight is 204 g/mol. The van der Waals surface area contributed by atoms with Crippen LogP contribution >= 0.6 is 15.9 Å². The summed E-state index contributed by atoms with van der Waals surface area (Å²) in [5.41, 5.74) is 0. The molecule has 0 fully saturated rings. The molecule has 0 amide bonds. The molecule has 0 aromatic heterocycles. The predicted molar refractivity (Wildman–Crippen MR) is 42.2 cm³/mol. The zero-order chi connectivity index (χ0) is 7.98. The largest absolute Gasteiger partial charge is 0.307 e. The lowest BCUT2D eigenvalue weighted by Gasteiger charge is -1.94. The first kappa shape index (κ1) is 9.23. The van der Waals surface area contributed by atoms with E-state index in [1.807, 2.05) is 6.79 Å². The van der Waals surface area contributed by atoms with Gasteiger partial charge >= 0.3 is 0 Å². The number of hydrogen-bond donors (Lipinski definition) is 0. The molecule has 0 radical (unpaired) electrons. The van der Waals surface area contributed by atoms with E-state index >= 15 is 0 Å². The van der Waals surface area contributed by atoms with E-state index in [0.29, 0.717) is 6.42 Å². The second kappa shape index (κ2) is 5.05. The van der Waals surface area contributed by atoms with Crippen molar-refractivity contribution in [3.8, 4) is 0 Å². The van der Waals surface area contributed by atoms with Crippen LogP contribution in [0.3, 0.4) is 0 Å². The lowest BCUT2D eigenvalue weighted by atomic mass is 10.3. The molecular formula is C6H6BrNO2. The summed E-state index contributed by atoms with van der Waals surface area (Å²) >= 11 is 3.13. The molecule has 0 bridgehead atoms. The molecule has 54 valence electrons. The van der Waals surface area contributed by atoms with Gasteiger partial charge in [-0.05, 0) is 22.0 Å². The van der Waals surface area contributed by atoms with Gasteiger partial charge in [-0.1, -0.05) is 0 Å². The van der Waals surface area contributed by atoms with Crippen LogP contribution in [0.1, 0.15) is 6.42 Å². The van der Waals surface area contributed by atoms with Gasteiger partial charge in [-0.3, -0.25) is 4.79 Å². The number of nitrogens with zero attached hydrogens (tertiary/aromatic N) is 1. The first-order chi connectivity index (χ1) is 4.79. The van der Waals surface area contributed by atoms with Crippen molar-refractivity contribution in [1.82, 2.24) is 0 Å². The summed E-state index contributed by atoms with van der Waals surface area (Å²) in [6, 6.07) is 0. The van der Waals surface area contributed by atoms with Crippen LogP contribution in [0.2, 0.25) is 0 Å². The fourth-order valence-electron chi connectivity index (χ4n) is 0.424. The van der Waals surface area contributed by atoms with Crippen molar-refractivity contribution in [3.63, 3.8) is 0 Å². The zero-order valence-electron chi connectivity index (χ0n) is 5.21. The quantitative estimate of drug-likeness (QED) is 0.554. The molecule has 0 saturated heterocycles. The third-order valence-electron chi connectivity index (χ3n) is 0.804. The number of aliphatic imine (C=N–C) groups is 1. The van der Waals surface area contributed by atoms with E-state index in [2.05, 4.69) is 20.9 Å². The molecule has 0 aliphatic carbocycles. The van der Waals surface area contributed by atoms with Gasteiger partial charge in [-0.15, -0.1) is 0 Å². The van der Waals surface area contributed by atoms with E-state index in [4.69, 9.17) is 4.79 Å². The SMILES string of the molecule is C=O.O=C1C=NC(Br)=CC1. The second-order valence-electron chi connectivity index (χ2n) is 1.46. The molecule has 4 heteroatoms. The minimum Gasteiger partial charge on any atom is -0.307 e. The zero-order valence-corrected chi connectivity index (χ0v) is 6.80. The Morgan fingerprint density at radius 3 is 2.50 bits per heavy atom. The lowest BCUT2D eigenvalue weighted by Crippen LogP contribution is -1.99. The molecule has 0 spiro atoms. The van der Waals surface area contributed by atoms with E-state index < -0.39 is 0 Å². The Hall–Kier alpha value is -0.770. The molecule has 1 rings (SSSR count). The van der Waals surface area contributed by atoms with Gasteiger partial charge in [-0.25, -0.2) is 4.99 Å². The summed E-state index contributed by atoms with van der Waals surface area (Å²) in [5, 5.41) is 0. The minimum atomic E-state index is 0.0631. The van der Waals surface area contributed by atoms with Gasteiger partial charge in [0.1, 0.15) is 11.4 Å². The summed E-state index contributed by atoms with van der Waals surface area (Å²) < 4.78 is 0.747.